The van der Waals surface area contributed by atoms with Gasteiger partial charge < -0.3 is 9.84 Å². The van der Waals surface area contributed by atoms with Gasteiger partial charge in [-0.15, -0.1) is 0 Å². The van der Waals surface area contributed by atoms with Crippen molar-refractivity contribution in [1.82, 2.24) is 4.90 Å². The minimum atomic E-state index is -1.03. The van der Waals surface area contributed by atoms with Gasteiger partial charge in [0.15, 0.2) is 0 Å². The van der Waals surface area contributed by atoms with Crippen LogP contribution in [0.1, 0.15) is 52.9 Å². The largest absolute Gasteiger partial charge is 0.479 e. The number of carboxylic acid groups (broad SMARTS) is 1. The summed E-state index contributed by atoms with van der Waals surface area (Å²) in [5.74, 6) is -0.779. The van der Waals surface area contributed by atoms with Gasteiger partial charge in [-0.1, -0.05) is 0 Å². The molecule has 0 bridgehead atoms. The lowest BCUT2D eigenvalue weighted by Crippen LogP contribution is -2.61. The van der Waals surface area contributed by atoms with Crippen molar-refractivity contribution in [3.63, 3.8) is 0 Å². The molecule has 1 aliphatic carbocycles. The standard InChI is InChI=1S/C14H23NO4/c1-13(2,3)19-12(18)15-9-5-4-8-14(15,11(16)17)10-6-7-10/h10H,4-9H2,1-3H3,(H,16,17). The fourth-order valence-corrected chi connectivity index (χ4v) is 2.95. The maximum Gasteiger partial charge on any atom is 0.411 e. The number of aliphatic carboxylic acids is 1. The van der Waals surface area contributed by atoms with Crippen LogP contribution in [0, 0.1) is 5.92 Å². The van der Waals surface area contributed by atoms with Gasteiger partial charge >= 0.3 is 12.1 Å². The summed E-state index contributed by atoms with van der Waals surface area (Å²) >= 11 is 0. The number of hydrogen-bond donors (Lipinski definition) is 1. The highest BCUT2D eigenvalue weighted by atomic mass is 16.6. The average Bonchev–Trinajstić information content (AvgIpc) is 3.10. The molecule has 2 aliphatic rings. The highest BCUT2D eigenvalue weighted by Gasteiger charge is 2.58. The van der Waals surface area contributed by atoms with Crippen LogP contribution in [0.5, 0.6) is 0 Å². The molecule has 1 heterocycles. The van der Waals surface area contributed by atoms with Gasteiger partial charge in [-0.3, -0.25) is 4.90 Å². The van der Waals surface area contributed by atoms with Crippen LogP contribution >= 0.6 is 0 Å². The van der Waals surface area contributed by atoms with Gasteiger partial charge in [0.1, 0.15) is 11.1 Å². The van der Waals surface area contributed by atoms with E-state index in [9.17, 15) is 14.7 Å². The molecule has 5 nitrogen and oxygen atoms in total. The summed E-state index contributed by atoms with van der Waals surface area (Å²) in [6.45, 7) is 5.88. The summed E-state index contributed by atoms with van der Waals surface area (Å²) in [5.41, 5.74) is -1.62. The minimum Gasteiger partial charge on any atom is -0.479 e. The maximum atomic E-state index is 12.3. The first-order valence-electron chi connectivity index (χ1n) is 7.01. The average molecular weight is 269 g/mol. The quantitative estimate of drug-likeness (QED) is 0.836. The Morgan fingerprint density at radius 3 is 2.37 bits per heavy atom. The Balaban J connectivity index is 2.24. The zero-order chi connectivity index (χ0) is 14.3. The van der Waals surface area contributed by atoms with Crippen LogP contribution in [0.4, 0.5) is 4.79 Å². The molecule has 1 amide bonds. The normalized spacial score (nSPS) is 28.1. The second-order valence-electron chi connectivity index (χ2n) is 6.59. The molecule has 1 atom stereocenters. The number of carbonyl (C=O) groups is 2. The summed E-state index contributed by atoms with van der Waals surface area (Å²) in [5, 5.41) is 9.67. The minimum absolute atomic E-state index is 0.0952. The van der Waals surface area contributed by atoms with E-state index in [1.54, 1.807) is 20.8 Å². The third kappa shape index (κ3) is 2.69. The molecule has 19 heavy (non-hydrogen) atoms. The summed E-state index contributed by atoms with van der Waals surface area (Å²) in [4.78, 5) is 25.6. The van der Waals surface area contributed by atoms with Crippen molar-refractivity contribution in [2.45, 2.75) is 64.0 Å². The highest BCUT2D eigenvalue weighted by Crippen LogP contribution is 2.48. The maximum absolute atomic E-state index is 12.3. The van der Waals surface area contributed by atoms with Crippen LogP contribution in [-0.2, 0) is 9.53 Å². The lowest BCUT2D eigenvalue weighted by Gasteiger charge is -2.44. The van der Waals surface area contributed by atoms with E-state index in [0.717, 1.165) is 25.7 Å². The number of piperidine rings is 1. The fraction of sp³-hybridized carbons (Fsp3) is 0.857. The Bertz CT molecular complexity index is 383. The number of nitrogens with zero attached hydrogens (tertiary/aromatic N) is 1. The number of likely N-dealkylation sites (tertiary alicyclic amines) is 1. The molecular formula is C14H23NO4. The lowest BCUT2D eigenvalue weighted by atomic mass is 9.82. The summed E-state index contributed by atoms with van der Waals surface area (Å²) in [6, 6.07) is 0. The molecule has 1 saturated carbocycles. The predicted molar refractivity (Wildman–Crippen MR) is 69.9 cm³/mol. The Morgan fingerprint density at radius 2 is 1.89 bits per heavy atom. The Hall–Kier alpha value is -1.26. The third-order valence-electron chi connectivity index (χ3n) is 3.91. The van der Waals surface area contributed by atoms with Crippen LogP contribution in [0.2, 0.25) is 0 Å². The second-order valence-corrected chi connectivity index (χ2v) is 6.59. The predicted octanol–water partition coefficient (Wildman–Crippen LogP) is 2.64. The first kappa shape index (κ1) is 14.2. The zero-order valence-corrected chi connectivity index (χ0v) is 11.9. The molecule has 1 aliphatic heterocycles. The van der Waals surface area contributed by atoms with E-state index in [1.165, 1.54) is 4.90 Å². The SMILES string of the molecule is CC(C)(C)OC(=O)N1CCCCC1(C(=O)O)C1CC1. The number of carboxylic acids is 1. The highest BCUT2D eigenvalue weighted by molar-refractivity contribution is 5.85. The van der Waals surface area contributed by atoms with Crippen molar-refractivity contribution in [3.8, 4) is 0 Å². The Kier molecular flexibility index (Phi) is 3.49. The molecule has 0 spiro atoms. The van der Waals surface area contributed by atoms with Gasteiger partial charge in [0, 0.05) is 6.54 Å². The molecular weight excluding hydrogens is 246 g/mol. The van der Waals surface area contributed by atoms with E-state index in [4.69, 9.17) is 4.74 Å². The topological polar surface area (TPSA) is 66.8 Å². The Labute approximate surface area is 113 Å². The van der Waals surface area contributed by atoms with Gasteiger partial charge in [0.25, 0.3) is 0 Å². The van der Waals surface area contributed by atoms with E-state index < -0.39 is 23.2 Å². The zero-order valence-electron chi connectivity index (χ0n) is 11.9. The number of hydrogen-bond acceptors (Lipinski definition) is 3. The molecule has 108 valence electrons. The van der Waals surface area contributed by atoms with Crippen molar-refractivity contribution in [1.29, 1.82) is 0 Å². The molecule has 5 heteroatoms. The van der Waals surface area contributed by atoms with Gasteiger partial charge in [-0.05, 0) is 58.8 Å². The third-order valence-corrected chi connectivity index (χ3v) is 3.91. The van der Waals surface area contributed by atoms with Crippen LogP contribution in [0.15, 0.2) is 0 Å². The van der Waals surface area contributed by atoms with E-state index in [1.807, 2.05) is 0 Å². The smallest absolute Gasteiger partial charge is 0.411 e. The molecule has 2 fully saturated rings. The van der Waals surface area contributed by atoms with Crippen molar-refractivity contribution < 1.29 is 19.4 Å². The van der Waals surface area contributed by atoms with Gasteiger partial charge in [0.05, 0.1) is 0 Å². The van der Waals surface area contributed by atoms with Gasteiger partial charge in [-0.2, -0.15) is 0 Å². The lowest BCUT2D eigenvalue weighted by molar-refractivity contribution is -0.155. The monoisotopic (exact) mass is 269 g/mol. The fourth-order valence-electron chi connectivity index (χ4n) is 2.95. The first-order valence-corrected chi connectivity index (χ1v) is 7.01. The second kappa shape index (κ2) is 4.69. The molecule has 0 aromatic rings. The van der Waals surface area contributed by atoms with Crippen molar-refractivity contribution in [3.05, 3.63) is 0 Å². The van der Waals surface area contributed by atoms with Crippen molar-refractivity contribution in [2.24, 2.45) is 5.92 Å². The van der Waals surface area contributed by atoms with E-state index >= 15 is 0 Å². The molecule has 1 saturated heterocycles. The van der Waals surface area contributed by atoms with Crippen LogP contribution in [0.25, 0.3) is 0 Å². The number of carbonyl (C=O) groups excluding carboxylic acids is 1. The number of ether oxygens (including phenoxy) is 1. The summed E-state index contributed by atoms with van der Waals surface area (Å²) in [7, 11) is 0. The van der Waals surface area contributed by atoms with Crippen LogP contribution in [0.3, 0.4) is 0 Å². The molecule has 1 unspecified atom stereocenters. The molecule has 0 radical (unpaired) electrons. The van der Waals surface area contributed by atoms with Gasteiger partial charge in [-0.25, -0.2) is 9.59 Å². The summed E-state index contributed by atoms with van der Waals surface area (Å²) < 4.78 is 5.38. The van der Waals surface area contributed by atoms with Gasteiger partial charge in [0.2, 0.25) is 0 Å². The number of rotatable bonds is 2. The molecule has 2 rings (SSSR count). The summed E-state index contributed by atoms with van der Waals surface area (Å²) in [6.07, 6.45) is 3.56. The van der Waals surface area contributed by atoms with Crippen LogP contribution in [-0.4, -0.2) is 39.8 Å². The Morgan fingerprint density at radius 1 is 1.26 bits per heavy atom. The van der Waals surface area contributed by atoms with Crippen molar-refractivity contribution >= 4 is 12.1 Å². The van der Waals surface area contributed by atoms with Crippen molar-refractivity contribution in [2.75, 3.05) is 6.54 Å². The van der Waals surface area contributed by atoms with E-state index in [-0.39, 0.29) is 5.92 Å². The molecule has 0 aromatic heterocycles. The van der Waals surface area contributed by atoms with E-state index in [0.29, 0.717) is 13.0 Å². The van der Waals surface area contributed by atoms with E-state index in [2.05, 4.69) is 0 Å². The number of amides is 1. The van der Waals surface area contributed by atoms with Crippen LogP contribution < -0.4 is 0 Å². The first-order chi connectivity index (χ1) is 8.77. The molecule has 0 aromatic carbocycles. The molecule has 1 N–H and O–H groups in total.